The smallest absolute Gasteiger partial charge is 0.145 e. The molecule has 0 atom stereocenters. The Morgan fingerprint density at radius 2 is 1.39 bits per heavy atom. The molecule has 0 unspecified atom stereocenters. The predicted molar refractivity (Wildman–Crippen MR) is 124 cm³/mol. The molecule has 6 aromatic rings. The first-order valence-electron chi connectivity index (χ1n) is 10.8. The molecule has 0 radical (unpaired) electrons. The molecule has 3 nitrogen and oxygen atoms in total. The molecule has 3 heterocycles. The molecule has 3 aromatic carbocycles. The van der Waals surface area contributed by atoms with Crippen LogP contribution in [-0.4, -0.2) is 14.4 Å². The normalized spacial score (nSPS) is 13.5. The van der Waals surface area contributed by atoms with Gasteiger partial charge in [0.2, 0.25) is 0 Å². The summed E-state index contributed by atoms with van der Waals surface area (Å²) in [5, 5.41) is 3.77. The van der Waals surface area contributed by atoms with Gasteiger partial charge in [0.25, 0.3) is 0 Å². The van der Waals surface area contributed by atoms with Crippen molar-refractivity contribution in [3.8, 4) is 22.3 Å². The van der Waals surface area contributed by atoms with Gasteiger partial charge in [-0.3, -0.25) is 9.38 Å². The standard InChI is InChI=1S/C28H17N3/c1-3-7-18-16(5-1)13-20-21-14-17-6-2-4-8-19(17)25(21)27-26(24(18)20)22-15-29-10-9-23(22)31-12-11-30-28(27)31/h1-12,15H,13-14H2. The second-order valence-electron chi connectivity index (χ2n) is 8.64. The third-order valence-corrected chi connectivity index (χ3v) is 7.22. The first kappa shape index (κ1) is 15.8. The van der Waals surface area contributed by atoms with Crippen molar-refractivity contribution >= 4 is 27.3 Å². The lowest BCUT2D eigenvalue weighted by molar-refractivity contribution is 1.17. The second-order valence-corrected chi connectivity index (χ2v) is 8.64. The zero-order valence-electron chi connectivity index (χ0n) is 16.8. The minimum Gasteiger partial charge on any atom is -0.299 e. The van der Waals surface area contributed by atoms with E-state index < -0.39 is 0 Å². The SMILES string of the molecule is c1ccc2c(c1)Cc1c3c(c4c(c1-2)c1cnccc1n1ccnc41)-c1ccccc1C3. The molecular formula is C28H17N3. The number of benzene rings is 3. The van der Waals surface area contributed by atoms with Crippen molar-refractivity contribution < 1.29 is 0 Å². The van der Waals surface area contributed by atoms with E-state index in [0.717, 1.165) is 24.0 Å². The van der Waals surface area contributed by atoms with Gasteiger partial charge in [0.15, 0.2) is 0 Å². The second kappa shape index (κ2) is 5.38. The number of hydrogen-bond donors (Lipinski definition) is 0. The van der Waals surface area contributed by atoms with Crippen LogP contribution in [0.1, 0.15) is 22.3 Å². The molecule has 0 fully saturated rings. The molecule has 2 aliphatic carbocycles. The molecule has 2 aliphatic rings. The van der Waals surface area contributed by atoms with Crippen LogP contribution >= 0.6 is 0 Å². The van der Waals surface area contributed by atoms with E-state index in [-0.39, 0.29) is 0 Å². The number of aromatic nitrogens is 3. The number of pyridine rings is 2. The van der Waals surface area contributed by atoms with Gasteiger partial charge in [0, 0.05) is 40.9 Å². The monoisotopic (exact) mass is 395 g/mol. The lowest BCUT2D eigenvalue weighted by Crippen LogP contribution is -1.98. The van der Waals surface area contributed by atoms with Crippen molar-refractivity contribution in [2.45, 2.75) is 12.8 Å². The van der Waals surface area contributed by atoms with Gasteiger partial charge in [0.05, 0.1) is 5.52 Å². The Bertz CT molecular complexity index is 1740. The van der Waals surface area contributed by atoms with E-state index >= 15 is 0 Å². The Balaban J connectivity index is 1.73. The molecule has 0 amide bonds. The fourth-order valence-corrected chi connectivity index (χ4v) is 6.02. The lowest BCUT2D eigenvalue weighted by Gasteiger charge is -2.18. The molecule has 3 aromatic heterocycles. The fourth-order valence-electron chi connectivity index (χ4n) is 6.02. The number of rotatable bonds is 0. The van der Waals surface area contributed by atoms with Crippen LogP contribution in [0.25, 0.3) is 49.6 Å². The van der Waals surface area contributed by atoms with Gasteiger partial charge in [0.1, 0.15) is 5.65 Å². The van der Waals surface area contributed by atoms with E-state index in [2.05, 4.69) is 70.2 Å². The zero-order chi connectivity index (χ0) is 20.1. The Hall–Kier alpha value is -3.98. The number of imidazole rings is 1. The molecule has 0 aliphatic heterocycles. The van der Waals surface area contributed by atoms with Crippen molar-refractivity contribution in [2.24, 2.45) is 0 Å². The average molecular weight is 395 g/mol. The van der Waals surface area contributed by atoms with Crippen LogP contribution in [0, 0.1) is 0 Å². The molecule has 0 spiro atoms. The van der Waals surface area contributed by atoms with E-state index in [9.17, 15) is 0 Å². The van der Waals surface area contributed by atoms with Crippen molar-refractivity contribution in [1.29, 1.82) is 0 Å². The summed E-state index contributed by atoms with van der Waals surface area (Å²) < 4.78 is 2.23. The maximum absolute atomic E-state index is 4.87. The minimum atomic E-state index is 0.996. The molecule has 0 saturated heterocycles. The number of hydrogen-bond acceptors (Lipinski definition) is 2. The Morgan fingerprint density at radius 1 is 0.710 bits per heavy atom. The third kappa shape index (κ3) is 1.81. The Kier molecular flexibility index (Phi) is 2.74. The van der Waals surface area contributed by atoms with E-state index in [1.165, 1.54) is 60.7 Å². The predicted octanol–water partition coefficient (Wildman–Crippen LogP) is 6.18. The van der Waals surface area contributed by atoms with Gasteiger partial charge < -0.3 is 0 Å². The summed E-state index contributed by atoms with van der Waals surface area (Å²) in [6.07, 6.45) is 9.90. The van der Waals surface area contributed by atoms with E-state index in [0.29, 0.717) is 0 Å². The van der Waals surface area contributed by atoms with Crippen LogP contribution in [0.2, 0.25) is 0 Å². The summed E-state index contributed by atoms with van der Waals surface area (Å²) >= 11 is 0. The van der Waals surface area contributed by atoms with Crippen LogP contribution in [0.3, 0.4) is 0 Å². The summed E-state index contributed by atoms with van der Waals surface area (Å²) in [5.41, 5.74) is 13.5. The number of fused-ring (bicyclic) bond motifs is 15. The third-order valence-electron chi connectivity index (χ3n) is 7.22. The molecule has 144 valence electrons. The molecule has 3 heteroatoms. The van der Waals surface area contributed by atoms with Crippen LogP contribution in [0.4, 0.5) is 0 Å². The highest BCUT2D eigenvalue weighted by Gasteiger charge is 2.33. The summed E-state index contributed by atoms with van der Waals surface area (Å²) in [4.78, 5) is 9.41. The van der Waals surface area contributed by atoms with Crippen molar-refractivity contribution in [3.05, 3.63) is 102 Å². The average Bonchev–Trinajstić information content (AvgIpc) is 3.53. The lowest BCUT2D eigenvalue weighted by atomic mass is 9.88. The van der Waals surface area contributed by atoms with Gasteiger partial charge in [-0.2, -0.15) is 0 Å². The minimum absolute atomic E-state index is 0.996. The molecule has 0 bridgehead atoms. The topological polar surface area (TPSA) is 30.2 Å². The summed E-state index contributed by atoms with van der Waals surface area (Å²) in [6.45, 7) is 0. The van der Waals surface area contributed by atoms with Crippen LogP contribution in [0.5, 0.6) is 0 Å². The van der Waals surface area contributed by atoms with Gasteiger partial charge in [-0.25, -0.2) is 4.98 Å². The summed E-state index contributed by atoms with van der Waals surface area (Å²) in [7, 11) is 0. The largest absolute Gasteiger partial charge is 0.299 e. The maximum Gasteiger partial charge on any atom is 0.145 e. The van der Waals surface area contributed by atoms with E-state index in [1.54, 1.807) is 0 Å². The quantitative estimate of drug-likeness (QED) is 0.287. The first-order valence-corrected chi connectivity index (χ1v) is 10.8. The van der Waals surface area contributed by atoms with Crippen molar-refractivity contribution in [2.75, 3.05) is 0 Å². The first-order chi connectivity index (χ1) is 15.4. The summed E-state index contributed by atoms with van der Waals surface area (Å²) in [6, 6.07) is 19.9. The van der Waals surface area contributed by atoms with Gasteiger partial charge in [-0.1, -0.05) is 48.5 Å². The van der Waals surface area contributed by atoms with Crippen LogP contribution in [-0.2, 0) is 12.8 Å². The zero-order valence-corrected chi connectivity index (χ0v) is 16.8. The Labute approximate surface area is 178 Å². The highest BCUT2D eigenvalue weighted by atomic mass is 15.0. The van der Waals surface area contributed by atoms with Crippen LogP contribution < -0.4 is 0 Å². The van der Waals surface area contributed by atoms with Crippen LogP contribution in [0.15, 0.2) is 79.4 Å². The fraction of sp³-hybridized carbons (Fsp3) is 0.0714. The molecule has 0 saturated carbocycles. The van der Waals surface area contributed by atoms with Crippen molar-refractivity contribution in [1.82, 2.24) is 14.4 Å². The Morgan fingerprint density at radius 3 is 2.13 bits per heavy atom. The van der Waals surface area contributed by atoms with E-state index in [4.69, 9.17) is 4.98 Å². The molecule has 31 heavy (non-hydrogen) atoms. The molecule has 8 rings (SSSR count). The number of nitrogens with zero attached hydrogens (tertiary/aromatic N) is 3. The molecular weight excluding hydrogens is 378 g/mol. The highest BCUT2D eigenvalue weighted by molar-refractivity contribution is 6.24. The van der Waals surface area contributed by atoms with Gasteiger partial charge in [-0.05, 0) is 63.4 Å². The van der Waals surface area contributed by atoms with Crippen molar-refractivity contribution in [3.63, 3.8) is 0 Å². The van der Waals surface area contributed by atoms with Gasteiger partial charge >= 0.3 is 0 Å². The van der Waals surface area contributed by atoms with E-state index in [1.807, 2.05) is 18.6 Å². The maximum atomic E-state index is 4.87. The van der Waals surface area contributed by atoms with Gasteiger partial charge in [-0.15, -0.1) is 0 Å². The highest BCUT2D eigenvalue weighted by Crippen LogP contribution is 2.53. The molecule has 0 N–H and O–H groups in total. The summed E-state index contributed by atoms with van der Waals surface area (Å²) in [5.74, 6) is 0.